The van der Waals surface area contributed by atoms with E-state index in [1.165, 1.54) is 72.8 Å². The van der Waals surface area contributed by atoms with Crippen molar-refractivity contribution in [3.63, 3.8) is 0 Å². The maximum atomic E-state index is 15.8. The molecule has 20 nitrogen and oxygen atoms in total. The van der Waals surface area contributed by atoms with Crippen molar-refractivity contribution >= 4 is 86.2 Å². The van der Waals surface area contributed by atoms with Crippen molar-refractivity contribution in [2.45, 2.75) is 188 Å². The summed E-state index contributed by atoms with van der Waals surface area (Å²) in [5, 5.41) is 8.51. The van der Waals surface area contributed by atoms with E-state index in [2.05, 4.69) is 38.9 Å². The zero-order valence-corrected chi connectivity index (χ0v) is 67.8. The molecule has 1 aliphatic carbocycles. The molecular weight excluding hydrogens is 1650 g/mol. The van der Waals surface area contributed by atoms with Gasteiger partial charge in [0.05, 0.1) is 46.0 Å². The summed E-state index contributed by atoms with van der Waals surface area (Å²) in [5.74, 6) is -9.31. The quantitative estimate of drug-likeness (QED) is 0.0126. The second-order valence-corrected chi connectivity index (χ2v) is 34.0. The third-order valence-corrected chi connectivity index (χ3v) is 23.2. The smallest absolute Gasteiger partial charge is 0.450 e. The number of alkyl halides is 12. The van der Waals surface area contributed by atoms with Crippen molar-refractivity contribution in [1.29, 1.82) is 0 Å². The number of sulfonamides is 4. The molecule has 36 heteroatoms. The molecule has 0 fully saturated rings. The van der Waals surface area contributed by atoms with Gasteiger partial charge in [-0.25, -0.2) is 0 Å². The summed E-state index contributed by atoms with van der Waals surface area (Å²) in [6, 6.07) is 31.8. The van der Waals surface area contributed by atoms with Gasteiger partial charge in [0, 0.05) is 92.9 Å². The number of amidine groups is 4. The Labute approximate surface area is 677 Å². The molecule has 8 aromatic rings. The predicted octanol–water partition coefficient (Wildman–Crippen LogP) is 20.5. The van der Waals surface area contributed by atoms with Crippen LogP contribution in [0.3, 0.4) is 0 Å². The average Bonchev–Trinajstić information content (AvgIpc) is 0.764. The minimum atomic E-state index is -5.64. The number of hydrogen-bond donors (Lipinski definition) is 4. The van der Waals surface area contributed by atoms with Gasteiger partial charge in [0.2, 0.25) is 23.3 Å². The van der Waals surface area contributed by atoms with Gasteiger partial charge in [0.25, 0.3) is 40.1 Å². The molecule has 8 aromatic carbocycles. The van der Waals surface area contributed by atoms with Crippen LogP contribution in [0.2, 0.25) is 0 Å². The zero-order chi connectivity index (χ0) is 85.7. The summed E-state index contributed by atoms with van der Waals surface area (Å²) in [7, 11) is -21.0. The first kappa shape index (κ1) is 91.7. The molecule has 1 aliphatic rings. The van der Waals surface area contributed by atoms with Crippen molar-refractivity contribution in [1.82, 2.24) is 0 Å². The van der Waals surface area contributed by atoms with Gasteiger partial charge in [-0.2, -0.15) is 86.4 Å². The Balaban J connectivity index is 1.46. The van der Waals surface area contributed by atoms with Crippen LogP contribution in [-0.2, 0) is 65.8 Å². The zero-order valence-electron chi connectivity index (χ0n) is 64.6. The Bertz CT molecular complexity index is 4950. The second-order valence-electron chi connectivity index (χ2n) is 27.5. The fourth-order valence-electron chi connectivity index (χ4n) is 12.6. The lowest BCUT2D eigenvalue weighted by Gasteiger charge is -2.26. The lowest BCUT2D eigenvalue weighted by Crippen LogP contribution is -2.32. The van der Waals surface area contributed by atoms with Gasteiger partial charge in [0.15, 0.2) is 0 Å². The molecule has 636 valence electrons. The molecule has 0 spiro atoms. The first-order valence-electron chi connectivity index (χ1n) is 37.9. The van der Waals surface area contributed by atoms with Gasteiger partial charge < -0.3 is 40.2 Å². The largest absolute Gasteiger partial charge is 0.493 e. The maximum absolute atomic E-state index is 15.8. The lowest BCUT2D eigenvalue weighted by atomic mass is 9.90. The monoisotopic (exact) mass is 1730 g/mol. The van der Waals surface area contributed by atoms with E-state index in [1.807, 2.05) is 13.8 Å². The number of benzene rings is 8. The van der Waals surface area contributed by atoms with E-state index in [9.17, 15) is 33.7 Å². The molecule has 0 amide bonds. The van der Waals surface area contributed by atoms with Crippen LogP contribution in [0.15, 0.2) is 207 Å². The molecule has 0 unspecified atom stereocenters. The molecule has 0 aromatic heterocycles. The number of anilines is 4. The van der Waals surface area contributed by atoms with Gasteiger partial charge in [-0.1, -0.05) is 165 Å². The number of nitrogens with one attached hydrogen (secondary N) is 4. The Morgan fingerprint density at radius 1 is 0.280 bits per heavy atom. The molecule has 0 aliphatic heterocycles. The fourth-order valence-corrected chi connectivity index (χ4v) is 16.6. The van der Waals surface area contributed by atoms with E-state index in [0.717, 1.165) is 136 Å². The summed E-state index contributed by atoms with van der Waals surface area (Å²) < 4.78 is 341. The molecule has 0 saturated carbocycles. The number of rotatable bonds is 34. The van der Waals surface area contributed by atoms with Crippen molar-refractivity contribution in [3.8, 4) is 23.0 Å². The highest BCUT2D eigenvalue weighted by molar-refractivity contribution is 7.91. The fraction of sp³-hybridized carbons (Fsp3) is 0.366. The first-order valence-corrected chi connectivity index (χ1v) is 43.7. The van der Waals surface area contributed by atoms with Crippen molar-refractivity contribution < 1.29 is 105 Å². The number of halogens is 12. The topological polar surface area (TPSA) is 271 Å². The SMILES string of the molecule is CCCCCCCCOc1c2cc(NC(=NS(=O)(=O)c3ccccc3)C(F)(F)F)cc1Cc1cc(N/C(=N/S(=O)(=O)c3ccccc3)C(F)(F)F)cc(c1OCCC)Cc1cc(N/C(=N\S(=O)(=O)c3ccccc3)C(F)(F)F)cc(c1OCCCCCCCC)Cc1cc(N/C(=N/S(=O)(=O)c3ccccc3)C(F)(F)F)cc(c1OCCC)C2. The summed E-state index contributed by atoms with van der Waals surface area (Å²) in [4.78, 5) is -2.68. The standard InChI is InChI=1S/C82H88F12N8O12S4/c1-5-9-11-13-15-29-41-113-73-59-43-55-47-63(95-75(79(83,84)85)99-115(103,104)67-31-21-17-22-32-67)49-57(71(55)111-39-7-3)45-61-53-66(98-78(82(92,93)94)102-118(109,110)70-37-27-20-28-38-70)54-62(74(61)114-42-30-16-14-12-10-6-2)46-58-50-64(96-76(80(86,87)88)100-116(105,106)68-33-23-18-24-34-68)48-56(72(58)112-40-8-4)44-60(73)52-65(51-59)97-77(81(89,90)91)101-117(107,108)69-35-25-19-26-36-69/h17-28,31-38,47-54H,5-16,29-30,39-46H2,1-4H3,(H,95,99)(H,96,100)(H,97,101)(H,98,102). The molecule has 0 heterocycles. The van der Waals surface area contributed by atoms with Gasteiger partial charge >= 0.3 is 24.7 Å². The van der Waals surface area contributed by atoms with Crippen molar-refractivity contribution in [2.75, 3.05) is 47.7 Å². The number of nitrogens with zero attached hydrogens (tertiary/aromatic N) is 4. The van der Waals surface area contributed by atoms with E-state index in [0.29, 0.717) is 38.5 Å². The lowest BCUT2D eigenvalue weighted by molar-refractivity contribution is -0.0593. The minimum absolute atomic E-state index is 0.181. The number of hydrogen-bond acceptors (Lipinski definition) is 12. The molecule has 8 bridgehead atoms. The van der Waals surface area contributed by atoms with E-state index in [-0.39, 0.29) is 107 Å². The van der Waals surface area contributed by atoms with E-state index in [1.54, 1.807) is 13.8 Å². The average molecular weight is 1730 g/mol. The molecule has 0 atom stereocenters. The van der Waals surface area contributed by atoms with Crippen LogP contribution in [0.1, 0.15) is 162 Å². The van der Waals surface area contributed by atoms with Crippen LogP contribution in [0.4, 0.5) is 75.4 Å². The van der Waals surface area contributed by atoms with E-state index in [4.69, 9.17) is 18.9 Å². The Hall–Kier alpha value is -10.2. The maximum Gasteiger partial charge on any atom is 0.450 e. The summed E-state index contributed by atoms with van der Waals surface area (Å²) in [6.45, 7) is 6.51. The van der Waals surface area contributed by atoms with Gasteiger partial charge in [-0.05, 0) is 123 Å². The Morgan fingerprint density at radius 2 is 0.466 bits per heavy atom. The number of unbranched alkanes of at least 4 members (excludes halogenated alkanes) is 10. The Morgan fingerprint density at radius 3 is 0.653 bits per heavy atom. The number of ether oxygens (including phenoxy) is 4. The highest BCUT2D eigenvalue weighted by atomic mass is 32.2. The third-order valence-electron chi connectivity index (χ3n) is 18.0. The molecule has 9 rings (SSSR count). The van der Waals surface area contributed by atoms with Crippen LogP contribution < -0.4 is 40.2 Å². The van der Waals surface area contributed by atoms with E-state index >= 15 is 52.7 Å². The van der Waals surface area contributed by atoms with Crippen LogP contribution >= 0.6 is 0 Å². The minimum Gasteiger partial charge on any atom is -0.493 e. The van der Waals surface area contributed by atoms with Crippen molar-refractivity contribution in [3.05, 3.63) is 214 Å². The van der Waals surface area contributed by atoms with Crippen LogP contribution in [0.5, 0.6) is 23.0 Å². The van der Waals surface area contributed by atoms with Gasteiger partial charge in [-0.3, -0.25) is 0 Å². The van der Waals surface area contributed by atoms with Gasteiger partial charge in [-0.15, -0.1) is 17.6 Å². The number of fused-ring (bicyclic) bond motifs is 8. The second kappa shape index (κ2) is 40.5. The normalized spacial score (nSPS) is 13.7. The summed E-state index contributed by atoms with van der Waals surface area (Å²) >= 11 is 0. The summed E-state index contributed by atoms with van der Waals surface area (Å²) in [6.07, 6.45) is -17.0. The van der Waals surface area contributed by atoms with E-state index < -0.39 is 156 Å². The molecule has 118 heavy (non-hydrogen) atoms. The third kappa shape index (κ3) is 25.9. The van der Waals surface area contributed by atoms with Crippen molar-refractivity contribution in [2.24, 2.45) is 17.6 Å². The van der Waals surface area contributed by atoms with Gasteiger partial charge in [0.1, 0.15) is 23.0 Å². The van der Waals surface area contributed by atoms with Crippen LogP contribution in [0.25, 0.3) is 0 Å². The highest BCUT2D eigenvalue weighted by Gasteiger charge is 2.43. The van der Waals surface area contributed by atoms with Crippen LogP contribution in [0, 0.1) is 0 Å². The molecule has 4 N–H and O–H groups in total. The predicted molar refractivity (Wildman–Crippen MR) is 429 cm³/mol. The molecule has 0 saturated heterocycles. The highest BCUT2D eigenvalue weighted by Crippen LogP contribution is 2.45. The summed E-state index contributed by atoms with van der Waals surface area (Å²) in [5.41, 5.74) is -3.99. The molecular formula is C82H88F12N8O12S4. The molecule has 0 radical (unpaired) electrons. The Kier molecular flexibility index (Phi) is 31.5. The van der Waals surface area contributed by atoms with Crippen LogP contribution in [-0.4, -0.2) is 108 Å². The first-order chi connectivity index (χ1) is 55.8.